The van der Waals surface area contributed by atoms with Gasteiger partial charge in [0.1, 0.15) is 0 Å². The van der Waals surface area contributed by atoms with Gasteiger partial charge in [0.25, 0.3) is 0 Å². The van der Waals surface area contributed by atoms with Crippen molar-refractivity contribution in [3.63, 3.8) is 0 Å². The zero-order valence-corrected chi connectivity index (χ0v) is 37.4. The molecule has 0 N–H and O–H groups in total. The monoisotopic (exact) mass is 875 g/mol. The number of nitrogens with zero attached hydrogens (tertiary/aromatic N) is 7. The van der Waals surface area contributed by atoms with Crippen LogP contribution in [-0.4, -0.2) is 24.5 Å². The molecule has 324 valence electrons. The lowest BCUT2D eigenvalue weighted by molar-refractivity contribution is 0.946. The second kappa shape index (κ2) is 18.7. The second-order valence-electron chi connectivity index (χ2n) is 16.5. The third kappa shape index (κ3) is 8.55. The van der Waals surface area contributed by atoms with Crippen LogP contribution in [0.2, 0.25) is 0 Å². The molecule has 0 spiro atoms. The first-order valence-corrected chi connectivity index (χ1v) is 22.7. The number of hydrogen-bond donors (Lipinski definition) is 0. The van der Waals surface area contributed by atoms with E-state index in [9.17, 15) is 0 Å². The Morgan fingerprint density at radius 2 is 0.500 bits per heavy atom. The third-order valence-corrected chi connectivity index (χ3v) is 12.3. The van der Waals surface area contributed by atoms with Crippen LogP contribution in [0.1, 0.15) is 0 Å². The standard InChI is InChI=1S/C61H45N7/c1-66-60(48-22-26-50(27-23-48)67(52-30-34-56(62-40-52)44-14-6-2-7-15-44)53-31-35-57(63-41-53)45-16-8-3-9-17-45)38-39-61(66)49-24-28-51(29-25-49)68(54-32-36-58(64-42-54)46-18-10-4-11-19-46)55-33-37-59(65-43-55)47-20-12-5-13-21-47/h2-43H,1H3. The second-order valence-corrected chi connectivity index (χ2v) is 16.5. The zero-order valence-electron chi connectivity index (χ0n) is 37.4. The number of rotatable bonds is 12. The Kier molecular flexibility index (Phi) is 11.4. The molecule has 0 saturated carbocycles. The van der Waals surface area contributed by atoms with Crippen molar-refractivity contribution in [3.8, 4) is 67.5 Å². The number of anilines is 6. The molecular weight excluding hydrogens is 831 g/mol. The van der Waals surface area contributed by atoms with Crippen LogP contribution >= 0.6 is 0 Å². The summed E-state index contributed by atoms with van der Waals surface area (Å²) in [5.74, 6) is 0. The number of benzene rings is 6. The summed E-state index contributed by atoms with van der Waals surface area (Å²) in [6.45, 7) is 0. The van der Waals surface area contributed by atoms with Crippen molar-refractivity contribution in [2.24, 2.45) is 7.05 Å². The van der Waals surface area contributed by atoms with Crippen LogP contribution in [0, 0.1) is 0 Å². The normalized spacial score (nSPS) is 11.0. The highest BCUT2D eigenvalue weighted by molar-refractivity contribution is 5.82. The van der Waals surface area contributed by atoms with Crippen molar-refractivity contribution in [2.75, 3.05) is 9.80 Å². The minimum Gasteiger partial charge on any atom is -0.344 e. The Morgan fingerprint density at radius 3 is 0.735 bits per heavy atom. The number of pyridine rings is 4. The fourth-order valence-electron chi connectivity index (χ4n) is 8.74. The maximum atomic E-state index is 4.89. The minimum absolute atomic E-state index is 0.922. The highest BCUT2D eigenvalue weighted by Crippen LogP contribution is 2.39. The number of hydrogen-bond acceptors (Lipinski definition) is 6. The highest BCUT2D eigenvalue weighted by atomic mass is 15.2. The summed E-state index contributed by atoms with van der Waals surface area (Å²) in [4.78, 5) is 24.0. The fraction of sp³-hybridized carbons (Fsp3) is 0.0164. The summed E-state index contributed by atoms with van der Waals surface area (Å²) in [5, 5.41) is 0. The van der Waals surface area contributed by atoms with Crippen molar-refractivity contribution in [1.82, 2.24) is 24.5 Å². The van der Waals surface area contributed by atoms with Gasteiger partial charge in [-0.1, -0.05) is 146 Å². The van der Waals surface area contributed by atoms with Crippen LogP contribution < -0.4 is 9.80 Å². The van der Waals surface area contributed by atoms with Gasteiger partial charge in [-0.3, -0.25) is 19.9 Å². The molecule has 5 aromatic heterocycles. The first-order chi connectivity index (χ1) is 33.6. The molecule has 11 aromatic rings. The molecule has 0 unspecified atom stereocenters. The highest BCUT2D eigenvalue weighted by Gasteiger charge is 2.18. The largest absolute Gasteiger partial charge is 0.344 e. The quantitative estimate of drug-likeness (QED) is 0.122. The molecule has 0 radical (unpaired) electrons. The summed E-state index contributed by atoms with van der Waals surface area (Å²) >= 11 is 0. The van der Waals surface area contributed by atoms with Crippen molar-refractivity contribution in [1.29, 1.82) is 0 Å². The van der Waals surface area contributed by atoms with Gasteiger partial charge in [-0.15, -0.1) is 0 Å². The van der Waals surface area contributed by atoms with E-state index in [1.165, 1.54) is 0 Å². The van der Waals surface area contributed by atoms with Gasteiger partial charge in [0.2, 0.25) is 0 Å². The Balaban J connectivity index is 0.882. The molecule has 68 heavy (non-hydrogen) atoms. The van der Waals surface area contributed by atoms with E-state index in [0.717, 1.165) is 102 Å². The van der Waals surface area contributed by atoms with Gasteiger partial charge in [0.05, 0.1) is 70.3 Å². The van der Waals surface area contributed by atoms with Gasteiger partial charge < -0.3 is 14.4 Å². The minimum atomic E-state index is 0.922. The number of aromatic nitrogens is 5. The predicted octanol–water partition coefficient (Wildman–Crippen LogP) is 15.5. The van der Waals surface area contributed by atoms with E-state index in [0.29, 0.717) is 0 Å². The molecule has 0 fully saturated rings. The van der Waals surface area contributed by atoms with E-state index >= 15 is 0 Å². The molecule has 7 heteroatoms. The van der Waals surface area contributed by atoms with Crippen LogP contribution in [0.4, 0.5) is 34.1 Å². The first-order valence-electron chi connectivity index (χ1n) is 22.7. The van der Waals surface area contributed by atoms with Gasteiger partial charge >= 0.3 is 0 Å². The smallest absolute Gasteiger partial charge is 0.0703 e. The molecule has 0 amide bonds. The predicted molar refractivity (Wildman–Crippen MR) is 279 cm³/mol. The molecule has 5 heterocycles. The summed E-state index contributed by atoms with van der Waals surface area (Å²) in [6, 6.07) is 79.7. The maximum Gasteiger partial charge on any atom is 0.0703 e. The summed E-state index contributed by atoms with van der Waals surface area (Å²) in [6.07, 6.45) is 7.75. The zero-order chi connectivity index (χ0) is 45.7. The van der Waals surface area contributed by atoms with Gasteiger partial charge in [-0.05, 0) is 96.1 Å². The molecule has 0 aliphatic rings. The molecule has 7 nitrogen and oxygen atoms in total. The molecular formula is C61H45N7. The van der Waals surface area contributed by atoms with E-state index in [-0.39, 0.29) is 0 Å². The molecule has 0 aliphatic heterocycles. The Bertz CT molecular complexity index is 2980. The van der Waals surface area contributed by atoms with Crippen molar-refractivity contribution in [2.45, 2.75) is 0 Å². The van der Waals surface area contributed by atoms with E-state index < -0.39 is 0 Å². The maximum absolute atomic E-state index is 4.89. The van der Waals surface area contributed by atoms with Crippen LogP contribution in [0.3, 0.4) is 0 Å². The van der Waals surface area contributed by atoms with Crippen molar-refractivity contribution < 1.29 is 0 Å². The molecule has 0 aliphatic carbocycles. The van der Waals surface area contributed by atoms with E-state index in [4.69, 9.17) is 19.9 Å². The average molecular weight is 876 g/mol. The lowest BCUT2D eigenvalue weighted by Crippen LogP contribution is -2.11. The fourth-order valence-corrected chi connectivity index (χ4v) is 8.74. The van der Waals surface area contributed by atoms with E-state index in [2.05, 4.69) is 179 Å². The van der Waals surface area contributed by atoms with Crippen LogP contribution in [0.15, 0.2) is 255 Å². The Hall–Kier alpha value is -9.20. The van der Waals surface area contributed by atoms with Gasteiger partial charge in [-0.25, -0.2) is 0 Å². The SMILES string of the molecule is Cn1c(-c2ccc(N(c3ccc(-c4ccccc4)nc3)c3ccc(-c4ccccc4)nc3)cc2)ccc1-c1ccc(N(c2ccc(-c3ccccc3)nc2)c2ccc(-c3ccccc3)nc2)cc1. The topological polar surface area (TPSA) is 63.0 Å². The van der Waals surface area contributed by atoms with Gasteiger partial charge in [0, 0.05) is 52.1 Å². The molecule has 0 saturated heterocycles. The summed E-state index contributed by atoms with van der Waals surface area (Å²) in [5.41, 5.74) is 18.2. The lowest BCUT2D eigenvalue weighted by Gasteiger charge is -2.25. The lowest BCUT2D eigenvalue weighted by atomic mass is 10.1. The average Bonchev–Trinajstić information content (AvgIpc) is 3.81. The molecule has 0 atom stereocenters. The van der Waals surface area contributed by atoms with Crippen molar-refractivity contribution >= 4 is 34.1 Å². The van der Waals surface area contributed by atoms with Crippen molar-refractivity contribution in [3.05, 3.63) is 255 Å². The van der Waals surface area contributed by atoms with Crippen LogP contribution in [-0.2, 0) is 7.05 Å². The summed E-state index contributed by atoms with van der Waals surface area (Å²) < 4.78 is 2.26. The molecule has 6 aromatic carbocycles. The first kappa shape index (κ1) is 41.5. The van der Waals surface area contributed by atoms with E-state index in [1.54, 1.807) is 0 Å². The third-order valence-electron chi connectivity index (χ3n) is 12.3. The Labute approximate surface area is 396 Å². The van der Waals surface area contributed by atoms with Gasteiger partial charge in [-0.2, -0.15) is 0 Å². The summed E-state index contributed by atoms with van der Waals surface area (Å²) in [7, 11) is 2.13. The Morgan fingerprint density at radius 1 is 0.250 bits per heavy atom. The van der Waals surface area contributed by atoms with Gasteiger partial charge in [0.15, 0.2) is 0 Å². The van der Waals surface area contributed by atoms with E-state index in [1.807, 2.05) is 97.6 Å². The van der Waals surface area contributed by atoms with Crippen LogP contribution in [0.5, 0.6) is 0 Å². The molecule has 11 rings (SSSR count). The molecule has 0 bridgehead atoms. The van der Waals surface area contributed by atoms with Crippen LogP contribution in [0.25, 0.3) is 67.5 Å².